The Morgan fingerprint density at radius 2 is 2.05 bits per heavy atom. The molecular weight excluding hydrogens is 286 g/mol. The third-order valence-corrected chi connectivity index (χ3v) is 3.52. The van der Waals surface area contributed by atoms with E-state index < -0.39 is 0 Å². The quantitative estimate of drug-likeness (QED) is 0.915. The van der Waals surface area contributed by atoms with Crippen molar-refractivity contribution < 1.29 is 4.79 Å². The Balaban J connectivity index is 1.80. The second-order valence-electron chi connectivity index (χ2n) is 4.67. The number of carbonyl (C=O) groups is 1. The molecule has 0 saturated carbocycles. The number of amidine groups is 1. The van der Waals surface area contributed by atoms with Crippen LogP contribution in [0.2, 0.25) is 5.02 Å². The molecule has 2 aromatic rings. The Bertz CT molecular complexity index is 712. The molecule has 0 saturated heterocycles. The van der Waals surface area contributed by atoms with Gasteiger partial charge in [0.1, 0.15) is 5.84 Å². The lowest BCUT2D eigenvalue weighted by Crippen LogP contribution is -2.20. The van der Waals surface area contributed by atoms with Crippen LogP contribution in [0.25, 0.3) is 0 Å². The Labute approximate surface area is 127 Å². The van der Waals surface area contributed by atoms with Gasteiger partial charge in [-0.3, -0.25) is 9.79 Å². The van der Waals surface area contributed by atoms with Gasteiger partial charge in [0.05, 0.1) is 17.1 Å². The summed E-state index contributed by atoms with van der Waals surface area (Å²) in [5.74, 6) is 0.642. The Morgan fingerprint density at radius 3 is 2.81 bits per heavy atom. The fourth-order valence-corrected chi connectivity index (χ4v) is 2.40. The van der Waals surface area contributed by atoms with Gasteiger partial charge in [0.25, 0.3) is 5.91 Å². The highest BCUT2D eigenvalue weighted by Gasteiger charge is 2.12. The van der Waals surface area contributed by atoms with Gasteiger partial charge in [0.2, 0.25) is 0 Å². The number of hydrogen-bond donors (Lipinski definition) is 2. The molecule has 2 N–H and O–H groups in total. The van der Waals surface area contributed by atoms with Crippen LogP contribution in [0.4, 0.5) is 5.69 Å². The van der Waals surface area contributed by atoms with E-state index >= 15 is 0 Å². The monoisotopic (exact) mass is 299 g/mol. The van der Waals surface area contributed by atoms with Crippen LogP contribution in [-0.2, 0) is 0 Å². The molecule has 1 aliphatic heterocycles. The van der Waals surface area contributed by atoms with Crippen LogP contribution in [0.3, 0.4) is 0 Å². The molecule has 2 aromatic carbocycles. The molecule has 0 atom stereocenters. The maximum atomic E-state index is 12.2. The lowest BCUT2D eigenvalue weighted by Gasteiger charge is -2.09. The van der Waals surface area contributed by atoms with E-state index in [1.165, 1.54) is 0 Å². The maximum absolute atomic E-state index is 12.2. The van der Waals surface area contributed by atoms with Crippen LogP contribution in [0.5, 0.6) is 0 Å². The number of halogens is 1. The number of hydrogen-bond acceptors (Lipinski definition) is 3. The van der Waals surface area contributed by atoms with E-state index in [-0.39, 0.29) is 5.91 Å². The van der Waals surface area contributed by atoms with E-state index in [2.05, 4.69) is 15.6 Å². The first-order chi connectivity index (χ1) is 10.2. The fraction of sp³-hybridized carbons (Fsp3) is 0.125. The molecule has 1 aliphatic rings. The highest BCUT2D eigenvalue weighted by atomic mass is 35.5. The second-order valence-corrected chi connectivity index (χ2v) is 5.08. The molecule has 1 amide bonds. The predicted octanol–water partition coefficient (Wildman–Crippen LogP) is 2.94. The predicted molar refractivity (Wildman–Crippen MR) is 85.3 cm³/mol. The minimum Gasteiger partial charge on any atom is -0.368 e. The highest BCUT2D eigenvalue weighted by molar-refractivity contribution is 6.34. The van der Waals surface area contributed by atoms with Crippen molar-refractivity contribution in [3.8, 4) is 0 Å². The number of anilines is 1. The van der Waals surface area contributed by atoms with E-state index in [1.54, 1.807) is 24.3 Å². The molecule has 0 aromatic heterocycles. The van der Waals surface area contributed by atoms with Crippen molar-refractivity contribution in [2.75, 3.05) is 18.4 Å². The third kappa shape index (κ3) is 3.06. The van der Waals surface area contributed by atoms with Crippen LogP contribution in [0.15, 0.2) is 53.5 Å². The van der Waals surface area contributed by atoms with Gasteiger partial charge >= 0.3 is 0 Å². The molecular formula is C16H14ClN3O. The zero-order valence-corrected chi connectivity index (χ0v) is 12.0. The summed E-state index contributed by atoms with van der Waals surface area (Å²) in [6.07, 6.45) is 0. The van der Waals surface area contributed by atoms with Gasteiger partial charge in [-0.25, -0.2) is 0 Å². The summed E-state index contributed by atoms with van der Waals surface area (Å²) < 4.78 is 0. The van der Waals surface area contributed by atoms with E-state index in [0.29, 0.717) is 16.3 Å². The fourth-order valence-electron chi connectivity index (χ4n) is 2.18. The molecule has 0 fully saturated rings. The normalized spacial score (nSPS) is 13.5. The smallest absolute Gasteiger partial charge is 0.257 e. The van der Waals surface area contributed by atoms with Crippen molar-refractivity contribution in [2.45, 2.75) is 0 Å². The van der Waals surface area contributed by atoms with E-state index in [0.717, 1.165) is 24.5 Å². The first-order valence-corrected chi connectivity index (χ1v) is 7.06. The average Bonchev–Trinajstić information content (AvgIpc) is 3.02. The first kappa shape index (κ1) is 13.6. The molecule has 0 spiro atoms. The molecule has 4 nitrogen and oxygen atoms in total. The van der Waals surface area contributed by atoms with Crippen LogP contribution in [-0.4, -0.2) is 24.8 Å². The molecule has 21 heavy (non-hydrogen) atoms. The van der Waals surface area contributed by atoms with Crippen LogP contribution >= 0.6 is 11.6 Å². The van der Waals surface area contributed by atoms with Crippen molar-refractivity contribution in [1.29, 1.82) is 0 Å². The lowest BCUT2D eigenvalue weighted by molar-refractivity contribution is 0.102. The SMILES string of the molecule is O=C(Nc1cccc(C2=NCCN2)c1)c1ccccc1Cl. The topological polar surface area (TPSA) is 53.5 Å². The Hall–Kier alpha value is -2.33. The summed E-state index contributed by atoms with van der Waals surface area (Å²) in [7, 11) is 0. The number of carbonyl (C=O) groups excluding carboxylic acids is 1. The zero-order chi connectivity index (χ0) is 14.7. The number of aliphatic imine (C=N–C) groups is 1. The van der Waals surface area contributed by atoms with Crippen molar-refractivity contribution in [3.63, 3.8) is 0 Å². The molecule has 0 bridgehead atoms. The molecule has 106 valence electrons. The maximum Gasteiger partial charge on any atom is 0.257 e. The van der Waals surface area contributed by atoms with Crippen molar-refractivity contribution in [2.24, 2.45) is 4.99 Å². The van der Waals surface area contributed by atoms with Crippen molar-refractivity contribution >= 4 is 29.0 Å². The average molecular weight is 300 g/mol. The van der Waals surface area contributed by atoms with Gasteiger partial charge in [0.15, 0.2) is 0 Å². The number of benzene rings is 2. The highest BCUT2D eigenvalue weighted by Crippen LogP contribution is 2.18. The van der Waals surface area contributed by atoms with E-state index in [4.69, 9.17) is 11.6 Å². The summed E-state index contributed by atoms with van der Waals surface area (Å²) in [6.45, 7) is 1.64. The largest absolute Gasteiger partial charge is 0.368 e. The molecule has 5 heteroatoms. The molecule has 0 radical (unpaired) electrons. The molecule has 3 rings (SSSR count). The lowest BCUT2D eigenvalue weighted by atomic mass is 10.1. The van der Waals surface area contributed by atoms with Gasteiger partial charge < -0.3 is 10.6 Å². The number of rotatable bonds is 3. The summed E-state index contributed by atoms with van der Waals surface area (Å²) in [4.78, 5) is 16.6. The van der Waals surface area contributed by atoms with Gasteiger partial charge in [-0.2, -0.15) is 0 Å². The second kappa shape index (κ2) is 5.97. The summed E-state index contributed by atoms with van der Waals surface area (Å²) in [5.41, 5.74) is 2.14. The van der Waals surface area contributed by atoms with Crippen LogP contribution in [0.1, 0.15) is 15.9 Å². The van der Waals surface area contributed by atoms with Crippen molar-refractivity contribution in [3.05, 3.63) is 64.7 Å². The zero-order valence-electron chi connectivity index (χ0n) is 11.3. The van der Waals surface area contributed by atoms with Gasteiger partial charge in [-0.05, 0) is 24.3 Å². The summed E-state index contributed by atoms with van der Waals surface area (Å²) in [5, 5.41) is 6.51. The minimum absolute atomic E-state index is 0.223. The van der Waals surface area contributed by atoms with Gasteiger partial charge in [-0.1, -0.05) is 35.9 Å². The summed E-state index contributed by atoms with van der Waals surface area (Å²) in [6, 6.07) is 14.6. The Kier molecular flexibility index (Phi) is 3.88. The number of amides is 1. The number of nitrogens with one attached hydrogen (secondary N) is 2. The van der Waals surface area contributed by atoms with Gasteiger partial charge in [-0.15, -0.1) is 0 Å². The van der Waals surface area contributed by atoms with Crippen LogP contribution < -0.4 is 10.6 Å². The Morgan fingerprint density at radius 1 is 1.19 bits per heavy atom. The third-order valence-electron chi connectivity index (χ3n) is 3.19. The van der Waals surface area contributed by atoms with Crippen molar-refractivity contribution in [1.82, 2.24) is 5.32 Å². The summed E-state index contributed by atoms with van der Waals surface area (Å²) >= 11 is 6.03. The van der Waals surface area contributed by atoms with Crippen LogP contribution in [0, 0.1) is 0 Å². The van der Waals surface area contributed by atoms with Gasteiger partial charge in [0, 0.05) is 17.8 Å². The van der Waals surface area contributed by atoms with E-state index in [1.807, 2.05) is 24.3 Å². The van der Waals surface area contributed by atoms with E-state index in [9.17, 15) is 4.79 Å². The first-order valence-electron chi connectivity index (χ1n) is 6.69. The minimum atomic E-state index is -0.223. The molecule has 1 heterocycles. The molecule has 0 aliphatic carbocycles. The molecule has 0 unspecified atom stereocenters. The number of nitrogens with zero attached hydrogens (tertiary/aromatic N) is 1. The standard InChI is InChI=1S/C16H14ClN3O/c17-14-7-2-1-6-13(14)16(21)20-12-5-3-4-11(10-12)15-18-8-9-19-15/h1-7,10H,8-9H2,(H,18,19)(H,20,21).